The number of ether oxygens (including phenoxy) is 1. The number of rotatable bonds is 4. The summed E-state index contributed by atoms with van der Waals surface area (Å²) in [4.78, 5) is 13.9. The predicted molar refractivity (Wildman–Crippen MR) is 81.7 cm³/mol. The molecule has 0 bridgehead atoms. The molecule has 1 amide bonds. The summed E-state index contributed by atoms with van der Waals surface area (Å²) in [6.45, 7) is 2.15. The van der Waals surface area contributed by atoms with Crippen LogP contribution in [0, 0.1) is 12.7 Å². The summed E-state index contributed by atoms with van der Waals surface area (Å²) >= 11 is 6.17. The molecule has 2 aromatic rings. The molecular weight excluding hydrogens is 309 g/mol. The zero-order chi connectivity index (χ0) is 16.4. The quantitative estimate of drug-likeness (QED) is 0.868. The first-order chi connectivity index (χ1) is 10.3. The Kier molecular flexibility index (Phi) is 4.71. The summed E-state index contributed by atoms with van der Waals surface area (Å²) in [5.41, 5.74) is 1.90. The van der Waals surface area contributed by atoms with Gasteiger partial charge in [-0.1, -0.05) is 11.6 Å². The first-order valence-electron chi connectivity index (χ1n) is 6.62. The molecule has 0 spiro atoms. The van der Waals surface area contributed by atoms with E-state index < -0.39 is 5.82 Å². The predicted octanol–water partition coefficient (Wildman–Crippen LogP) is 2.80. The molecule has 0 saturated heterocycles. The average molecular weight is 326 g/mol. The second-order valence-electron chi connectivity index (χ2n) is 4.99. The normalized spacial score (nSPS) is 10.6. The fourth-order valence-corrected chi connectivity index (χ4v) is 2.41. The molecule has 1 heterocycles. The Bertz CT molecular complexity index is 715. The molecule has 0 aliphatic rings. The summed E-state index contributed by atoms with van der Waals surface area (Å²) in [6.07, 6.45) is 0. The Labute approximate surface area is 133 Å². The van der Waals surface area contributed by atoms with E-state index in [1.165, 1.54) is 30.2 Å². The molecule has 0 radical (unpaired) electrons. The van der Waals surface area contributed by atoms with Crippen molar-refractivity contribution in [1.82, 2.24) is 14.7 Å². The van der Waals surface area contributed by atoms with Crippen LogP contribution < -0.4 is 4.74 Å². The summed E-state index contributed by atoms with van der Waals surface area (Å²) in [7, 11) is 4.75. The molecule has 0 unspecified atom stereocenters. The highest BCUT2D eigenvalue weighted by Gasteiger charge is 2.18. The summed E-state index contributed by atoms with van der Waals surface area (Å²) in [5.74, 6) is -0.722. The van der Waals surface area contributed by atoms with E-state index in [9.17, 15) is 9.18 Å². The van der Waals surface area contributed by atoms with Crippen molar-refractivity contribution in [3.05, 3.63) is 46.0 Å². The number of aryl methyl sites for hydroxylation is 2. The van der Waals surface area contributed by atoms with E-state index in [0.29, 0.717) is 17.3 Å². The molecule has 0 atom stereocenters. The maximum atomic E-state index is 13.4. The molecule has 0 saturated carbocycles. The number of methoxy groups -OCH3 is 1. The van der Waals surface area contributed by atoms with Crippen molar-refractivity contribution in [2.75, 3.05) is 14.2 Å². The second kappa shape index (κ2) is 6.36. The van der Waals surface area contributed by atoms with Crippen LogP contribution in [-0.4, -0.2) is 34.7 Å². The standard InChI is InChI=1S/C15H17ClFN3O2/c1-9-11(14(16)20(3)18-9)8-19(2)15(21)10-5-6-12(17)13(7-10)22-4/h5-7H,8H2,1-4H3. The molecular formula is C15H17ClFN3O2. The van der Waals surface area contributed by atoms with Gasteiger partial charge in [0.1, 0.15) is 5.15 Å². The Hall–Kier alpha value is -2.08. The molecule has 22 heavy (non-hydrogen) atoms. The van der Waals surface area contributed by atoms with E-state index in [4.69, 9.17) is 16.3 Å². The van der Waals surface area contributed by atoms with Crippen LogP contribution in [0.2, 0.25) is 5.15 Å². The number of carbonyl (C=O) groups is 1. The fourth-order valence-electron chi connectivity index (χ4n) is 2.18. The zero-order valence-corrected chi connectivity index (χ0v) is 13.6. The van der Waals surface area contributed by atoms with E-state index in [1.807, 2.05) is 6.92 Å². The summed E-state index contributed by atoms with van der Waals surface area (Å²) in [5, 5.41) is 4.71. The molecule has 0 aliphatic carbocycles. The number of halogens is 2. The van der Waals surface area contributed by atoms with Crippen LogP contribution in [0.25, 0.3) is 0 Å². The van der Waals surface area contributed by atoms with Crippen LogP contribution in [0.15, 0.2) is 18.2 Å². The van der Waals surface area contributed by atoms with Gasteiger partial charge in [0.2, 0.25) is 0 Å². The van der Waals surface area contributed by atoms with Gasteiger partial charge in [0, 0.05) is 25.2 Å². The maximum absolute atomic E-state index is 13.4. The van der Waals surface area contributed by atoms with Gasteiger partial charge >= 0.3 is 0 Å². The van der Waals surface area contributed by atoms with Gasteiger partial charge in [-0.2, -0.15) is 5.10 Å². The van der Waals surface area contributed by atoms with Crippen LogP contribution in [0.5, 0.6) is 5.75 Å². The summed E-state index contributed by atoms with van der Waals surface area (Å²) in [6, 6.07) is 4.02. The maximum Gasteiger partial charge on any atom is 0.254 e. The van der Waals surface area contributed by atoms with Crippen molar-refractivity contribution in [3.63, 3.8) is 0 Å². The van der Waals surface area contributed by atoms with Crippen LogP contribution in [0.4, 0.5) is 4.39 Å². The van der Waals surface area contributed by atoms with Crippen LogP contribution in [-0.2, 0) is 13.6 Å². The van der Waals surface area contributed by atoms with Gasteiger partial charge < -0.3 is 9.64 Å². The Morgan fingerprint density at radius 1 is 1.50 bits per heavy atom. The van der Waals surface area contributed by atoms with Crippen LogP contribution in [0.1, 0.15) is 21.6 Å². The van der Waals surface area contributed by atoms with Crippen molar-refractivity contribution in [2.24, 2.45) is 7.05 Å². The highest BCUT2D eigenvalue weighted by atomic mass is 35.5. The topological polar surface area (TPSA) is 47.4 Å². The molecule has 0 aliphatic heterocycles. The smallest absolute Gasteiger partial charge is 0.254 e. The molecule has 1 aromatic heterocycles. The molecule has 0 fully saturated rings. The third kappa shape index (κ3) is 3.06. The van der Waals surface area contributed by atoms with Gasteiger partial charge in [0.25, 0.3) is 5.91 Å². The van der Waals surface area contributed by atoms with E-state index in [2.05, 4.69) is 5.10 Å². The zero-order valence-electron chi connectivity index (χ0n) is 12.9. The monoisotopic (exact) mass is 325 g/mol. The van der Waals surface area contributed by atoms with Crippen LogP contribution in [0.3, 0.4) is 0 Å². The van der Waals surface area contributed by atoms with E-state index in [-0.39, 0.29) is 11.7 Å². The first-order valence-corrected chi connectivity index (χ1v) is 7.00. The number of benzene rings is 1. The highest BCUT2D eigenvalue weighted by molar-refractivity contribution is 6.30. The van der Waals surface area contributed by atoms with E-state index >= 15 is 0 Å². The highest BCUT2D eigenvalue weighted by Crippen LogP contribution is 2.22. The number of hydrogen-bond donors (Lipinski definition) is 0. The molecule has 118 valence electrons. The third-order valence-electron chi connectivity index (χ3n) is 3.41. The number of nitrogens with zero attached hydrogens (tertiary/aromatic N) is 3. The number of aromatic nitrogens is 2. The van der Waals surface area contributed by atoms with Gasteiger partial charge in [-0.25, -0.2) is 4.39 Å². The first kappa shape index (κ1) is 16.3. The van der Waals surface area contributed by atoms with E-state index in [0.717, 1.165) is 11.3 Å². The lowest BCUT2D eigenvalue weighted by Crippen LogP contribution is -2.26. The minimum Gasteiger partial charge on any atom is -0.494 e. The SMILES string of the molecule is COc1cc(C(=O)N(C)Cc2c(C)nn(C)c2Cl)ccc1F. The van der Waals surface area contributed by atoms with Crippen molar-refractivity contribution < 1.29 is 13.9 Å². The second-order valence-corrected chi connectivity index (χ2v) is 5.35. The third-order valence-corrected chi connectivity index (χ3v) is 3.88. The van der Waals surface area contributed by atoms with Gasteiger partial charge in [-0.05, 0) is 25.1 Å². The molecule has 0 N–H and O–H groups in total. The Morgan fingerprint density at radius 3 is 2.73 bits per heavy atom. The fraction of sp³-hybridized carbons (Fsp3) is 0.333. The largest absolute Gasteiger partial charge is 0.494 e. The minimum atomic E-state index is -0.507. The average Bonchev–Trinajstić information content (AvgIpc) is 2.73. The van der Waals surface area contributed by atoms with Crippen LogP contribution >= 0.6 is 11.6 Å². The van der Waals surface area contributed by atoms with Gasteiger partial charge in [-0.15, -0.1) is 0 Å². The number of carbonyl (C=O) groups excluding carboxylic acids is 1. The van der Waals surface area contributed by atoms with Gasteiger partial charge in [0.15, 0.2) is 11.6 Å². The lowest BCUT2D eigenvalue weighted by molar-refractivity contribution is 0.0784. The number of hydrogen-bond acceptors (Lipinski definition) is 3. The molecule has 1 aromatic carbocycles. The van der Waals surface area contributed by atoms with Crippen molar-refractivity contribution in [2.45, 2.75) is 13.5 Å². The lowest BCUT2D eigenvalue weighted by Gasteiger charge is -2.17. The Balaban J connectivity index is 2.22. The minimum absolute atomic E-state index is 0.0369. The Morgan fingerprint density at radius 2 is 2.18 bits per heavy atom. The van der Waals surface area contributed by atoms with Crippen molar-refractivity contribution >= 4 is 17.5 Å². The molecule has 7 heteroatoms. The lowest BCUT2D eigenvalue weighted by atomic mass is 10.1. The van der Waals surface area contributed by atoms with E-state index in [1.54, 1.807) is 18.8 Å². The van der Waals surface area contributed by atoms with Crippen molar-refractivity contribution in [1.29, 1.82) is 0 Å². The number of amides is 1. The molecule has 5 nitrogen and oxygen atoms in total. The van der Waals surface area contributed by atoms with Gasteiger partial charge in [-0.3, -0.25) is 9.48 Å². The molecule has 2 rings (SSSR count). The summed E-state index contributed by atoms with van der Waals surface area (Å²) < 4.78 is 19.9. The van der Waals surface area contributed by atoms with Crippen molar-refractivity contribution in [3.8, 4) is 5.75 Å². The van der Waals surface area contributed by atoms with Gasteiger partial charge in [0.05, 0.1) is 19.3 Å².